The van der Waals surface area contributed by atoms with Crippen molar-refractivity contribution >= 4 is 17.3 Å². The summed E-state index contributed by atoms with van der Waals surface area (Å²) in [6, 6.07) is 20.8. The number of carbonyl (C=O) groups is 1. The summed E-state index contributed by atoms with van der Waals surface area (Å²) < 4.78 is 48.8. The Morgan fingerprint density at radius 2 is 1.79 bits per heavy atom. The smallest absolute Gasteiger partial charge is 0.214 e. The number of imidazole rings is 1. The van der Waals surface area contributed by atoms with Crippen molar-refractivity contribution in [2.24, 2.45) is 0 Å². The molecule has 9 heteroatoms. The average molecular weight is 582 g/mol. The van der Waals surface area contributed by atoms with Crippen LogP contribution in [0.25, 0.3) is 22.3 Å². The Bertz CT molecular complexity index is 1810. The molecule has 2 saturated heterocycles. The molecule has 0 amide bonds. The van der Waals surface area contributed by atoms with E-state index in [0.717, 1.165) is 35.9 Å². The Hall–Kier alpha value is -4.47. The van der Waals surface area contributed by atoms with Crippen molar-refractivity contribution in [2.75, 3.05) is 19.8 Å². The van der Waals surface area contributed by atoms with E-state index in [1.807, 2.05) is 28.8 Å². The Kier molecular flexibility index (Phi) is 7.42. The third-order valence-corrected chi connectivity index (χ3v) is 8.15. The molecule has 0 saturated carbocycles. The average Bonchev–Trinajstić information content (AvgIpc) is 3.30. The van der Waals surface area contributed by atoms with Crippen LogP contribution in [-0.4, -0.2) is 46.7 Å². The van der Waals surface area contributed by atoms with Crippen molar-refractivity contribution in [3.63, 3.8) is 0 Å². The lowest BCUT2D eigenvalue weighted by Crippen LogP contribution is -2.31. The van der Waals surface area contributed by atoms with Gasteiger partial charge in [0.1, 0.15) is 30.4 Å². The van der Waals surface area contributed by atoms with Crippen LogP contribution in [0.15, 0.2) is 72.8 Å². The SMILES string of the molecule is O=Cc1ccc2nc(Cc3ccc(-c4cccc(OCc5ccc(C6COC6)cc5F)n4)cc3F)n(CC3CCO3)c2c1. The summed E-state index contributed by atoms with van der Waals surface area (Å²) in [7, 11) is 0. The maximum atomic E-state index is 15.5. The Balaban J connectivity index is 1.08. The molecule has 0 bridgehead atoms. The van der Waals surface area contributed by atoms with Crippen molar-refractivity contribution in [1.29, 1.82) is 0 Å². The van der Waals surface area contributed by atoms with Gasteiger partial charge in [-0.2, -0.15) is 0 Å². The molecule has 0 spiro atoms. The number of hydrogen-bond acceptors (Lipinski definition) is 6. The van der Waals surface area contributed by atoms with Gasteiger partial charge in [0.2, 0.25) is 5.88 Å². The number of halogens is 2. The first-order valence-corrected chi connectivity index (χ1v) is 14.3. The van der Waals surface area contributed by atoms with Gasteiger partial charge in [0.05, 0.1) is 42.6 Å². The third kappa shape index (κ3) is 5.66. The molecule has 0 aliphatic carbocycles. The molecule has 0 radical (unpaired) electrons. The van der Waals surface area contributed by atoms with Gasteiger partial charge >= 0.3 is 0 Å². The molecule has 7 rings (SSSR count). The highest BCUT2D eigenvalue weighted by atomic mass is 19.1. The topological polar surface area (TPSA) is 75.5 Å². The van der Waals surface area contributed by atoms with E-state index in [0.29, 0.717) is 59.4 Å². The van der Waals surface area contributed by atoms with Gasteiger partial charge in [0.15, 0.2) is 0 Å². The molecular weight excluding hydrogens is 552 g/mol. The number of nitrogens with zero attached hydrogens (tertiary/aromatic N) is 3. The molecule has 218 valence electrons. The van der Waals surface area contributed by atoms with Crippen LogP contribution >= 0.6 is 0 Å². The largest absolute Gasteiger partial charge is 0.473 e. The standard InChI is InChI=1S/C34H29F2N3O4/c35-28-14-24(30-2-1-3-34(38-30)43-20-25-8-5-22(13-29(25)36)26-18-41-19-26)7-6-23(28)15-33-37-31-9-4-21(17-40)12-32(31)39(33)16-27-10-11-42-27/h1-9,12-14,17,26-27H,10-11,15-16,18-20H2. The maximum absolute atomic E-state index is 15.5. The molecule has 5 aromatic rings. The van der Waals surface area contributed by atoms with Gasteiger partial charge in [-0.15, -0.1) is 0 Å². The predicted octanol–water partition coefficient (Wildman–Crippen LogP) is 6.26. The van der Waals surface area contributed by atoms with E-state index in [4.69, 9.17) is 19.2 Å². The number of ether oxygens (including phenoxy) is 3. The highest BCUT2D eigenvalue weighted by Gasteiger charge is 2.23. The van der Waals surface area contributed by atoms with Crippen LogP contribution in [0, 0.1) is 11.6 Å². The minimum Gasteiger partial charge on any atom is -0.473 e. The summed E-state index contributed by atoms with van der Waals surface area (Å²) in [5.74, 6) is 0.567. The molecule has 0 N–H and O–H groups in total. The Labute approximate surface area is 247 Å². The zero-order valence-corrected chi connectivity index (χ0v) is 23.3. The first-order valence-electron chi connectivity index (χ1n) is 14.3. The maximum Gasteiger partial charge on any atom is 0.214 e. The van der Waals surface area contributed by atoms with E-state index < -0.39 is 0 Å². The highest BCUT2D eigenvalue weighted by Crippen LogP contribution is 2.28. The number of fused-ring (bicyclic) bond motifs is 1. The molecule has 1 atom stereocenters. The molecule has 4 heterocycles. The van der Waals surface area contributed by atoms with Crippen LogP contribution in [-0.2, 0) is 29.0 Å². The summed E-state index contributed by atoms with van der Waals surface area (Å²) in [6.45, 7) is 2.58. The van der Waals surface area contributed by atoms with Crippen molar-refractivity contribution in [2.45, 2.75) is 38.0 Å². The van der Waals surface area contributed by atoms with Crippen molar-refractivity contribution in [1.82, 2.24) is 14.5 Å². The summed E-state index contributed by atoms with van der Waals surface area (Å²) in [5, 5.41) is 0. The van der Waals surface area contributed by atoms with E-state index in [-0.39, 0.29) is 36.7 Å². The van der Waals surface area contributed by atoms with Crippen LogP contribution < -0.4 is 4.74 Å². The molecule has 43 heavy (non-hydrogen) atoms. The van der Waals surface area contributed by atoms with Crippen LogP contribution in [0.1, 0.15) is 45.2 Å². The van der Waals surface area contributed by atoms with Gasteiger partial charge in [-0.1, -0.05) is 30.3 Å². The zero-order chi connectivity index (χ0) is 29.3. The second-order valence-corrected chi connectivity index (χ2v) is 11.0. The number of pyridine rings is 1. The van der Waals surface area contributed by atoms with Crippen LogP contribution in [0.3, 0.4) is 0 Å². The van der Waals surface area contributed by atoms with Crippen molar-refractivity contribution in [3.05, 3.63) is 113 Å². The second kappa shape index (κ2) is 11.7. The first-order chi connectivity index (χ1) is 21.0. The van der Waals surface area contributed by atoms with Gasteiger partial charge in [-0.05, 0) is 53.9 Å². The van der Waals surface area contributed by atoms with E-state index in [9.17, 15) is 9.18 Å². The molecule has 1 unspecified atom stereocenters. The molecular formula is C34H29F2N3O4. The minimum atomic E-state index is -0.378. The van der Waals surface area contributed by atoms with Crippen LogP contribution in [0.5, 0.6) is 5.88 Å². The molecule has 3 aromatic carbocycles. The molecule has 2 fully saturated rings. The fraction of sp³-hybridized carbons (Fsp3) is 0.265. The number of hydrogen-bond donors (Lipinski definition) is 0. The normalized spacial score (nSPS) is 16.6. The highest BCUT2D eigenvalue weighted by molar-refractivity contribution is 5.85. The minimum absolute atomic E-state index is 0.0261. The molecule has 2 aliphatic rings. The number of benzene rings is 3. The zero-order valence-electron chi connectivity index (χ0n) is 23.3. The van der Waals surface area contributed by atoms with Gasteiger partial charge in [-0.25, -0.2) is 18.7 Å². The van der Waals surface area contributed by atoms with E-state index in [1.165, 1.54) is 6.07 Å². The lowest BCUT2D eigenvalue weighted by molar-refractivity contribution is -0.0589. The monoisotopic (exact) mass is 581 g/mol. The quantitative estimate of drug-likeness (QED) is 0.181. The summed E-state index contributed by atoms with van der Waals surface area (Å²) in [5.41, 5.74) is 5.13. The predicted molar refractivity (Wildman–Crippen MR) is 156 cm³/mol. The fourth-order valence-corrected chi connectivity index (χ4v) is 5.42. The Morgan fingerprint density at radius 3 is 2.51 bits per heavy atom. The third-order valence-electron chi connectivity index (χ3n) is 8.15. The molecule has 2 aromatic heterocycles. The molecule has 2 aliphatic heterocycles. The summed E-state index contributed by atoms with van der Waals surface area (Å²) in [4.78, 5) is 20.7. The van der Waals surface area contributed by atoms with Crippen LogP contribution in [0.2, 0.25) is 0 Å². The van der Waals surface area contributed by atoms with Gasteiger partial charge in [-0.3, -0.25) is 4.79 Å². The number of rotatable bonds is 10. The van der Waals surface area contributed by atoms with E-state index in [2.05, 4.69) is 4.98 Å². The number of carbonyl (C=O) groups excluding carboxylic acids is 1. The van der Waals surface area contributed by atoms with Crippen LogP contribution in [0.4, 0.5) is 8.78 Å². The van der Waals surface area contributed by atoms with E-state index in [1.54, 1.807) is 42.5 Å². The fourth-order valence-electron chi connectivity index (χ4n) is 5.42. The summed E-state index contributed by atoms with van der Waals surface area (Å²) >= 11 is 0. The second-order valence-electron chi connectivity index (χ2n) is 11.0. The number of aldehydes is 1. The van der Waals surface area contributed by atoms with Crippen molar-refractivity contribution < 1.29 is 27.8 Å². The van der Waals surface area contributed by atoms with E-state index >= 15 is 4.39 Å². The molecule has 7 nitrogen and oxygen atoms in total. The van der Waals surface area contributed by atoms with Crippen molar-refractivity contribution in [3.8, 4) is 17.1 Å². The summed E-state index contributed by atoms with van der Waals surface area (Å²) in [6.07, 6.45) is 2.10. The lowest BCUT2D eigenvalue weighted by atomic mass is 9.96. The number of aromatic nitrogens is 3. The van der Waals surface area contributed by atoms with Gasteiger partial charge in [0.25, 0.3) is 0 Å². The Morgan fingerprint density at radius 1 is 0.953 bits per heavy atom. The lowest BCUT2D eigenvalue weighted by Gasteiger charge is -2.27. The van der Waals surface area contributed by atoms with Gasteiger partial charge < -0.3 is 18.8 Å². The van der Waals surface area contributed by atoms with Gasteiger partial charge in [0, 0.05) is 41.7 Å². The first kappa shape index (κ1) is 27.4.